The molecule has 3 aromatic carbocycles. The van der Waals surface area contributed by atoms with E-state index in [1.54, 1.807) is 14.2 Å². The molecule has 4 atom stereocenters. The minimum atomic E-state index is -0.883. The van der Waals surface area contributed by atoms with Crippen molar-refractivity contribution in [3.63, 3.8) is 0 Å². The van der Waals surface area contributed by atoms with Gasteiger partial charge in [0.2, 0.25) is 0 Å². The summed E-state index contributed by atoms with van der Waals surface area (Å²) in [5, 5.41) is 14.1. The molecule has 1 saturated heterocycles. The van der Waals surface area contributed by atoms with Gasteiger partial charge in [0.25, 0.3) is 10.9 Å². The van der Waals surface area contributed by atoms with Crippen molar-refractivity contribution in [1.29, 1.82) is 0 Å². The Kier molecular flexibility index (Phi) is 12.9. The van der Waals surface area contributed by atoms with Crippen LogP contribution in [0.15, 0.2) is 58.1 Å². The lowest BCUT2D eigenvalue weighted by molar-refractivity contribution is 0.137. The molecule has 4 rings (SSSR count). The van der Waals surface area contributed by atoms with E-state index in [0.717, 1.165) is 50.8 Å². The molecule has 3 aromatic rings. The van der Waals surface area contributed by atoms with Gasteiger partial charge >= 0.3 is 0 Å². The monoisotopic (exact) mass is 621 g/mol. The molecule has 0 bridgehead atoms. The smallest absolute Gasteiger partial charge is 0.253 e. The van der Waals surface area contributed by atoms with E-state index in [0.29, 0.717) is 54.3 Å². The van der Waals surface area contributed by atoms with Crippen LogP contribution in [-0.2, 0) is 17.6 Å². The second kappa shape index (κ2) is 16.8. The Balaban J connectivity index is 1.33. The second-order valence-corrected chi connectivity index (χ2v) is 12.8. The molecule has 1 unspecified atom stereocenters. The van der Waals surface area contributed by atoms with Crippen molar-refractivity contribution in [3.05, 3.63) is 80.1 Å². The van der Waals surface area contributed by atoms with Crippen LogP contribution in [-0.4, -0.2) is 64.3 Å². The molecular weight excluding hydrogens is 570 g/mol. The zero-order valence-electron chi connectivity index (χ0n) is 27.3. The zero-order chi connectivity index (χ0) is 32.3. The predicted molar refractivity (Wildman–Crippen MR) is 181 cm³/mol. The lowest BCUT2D eigenvalue weighted by Crippen LogP contribution is -2.48. The summed E-state index contributed by atoms with van der Waals surface area (Å²) >= 11 is 0. The third-order valence-corrected chi connectivity index (χ3v) is 9.06. The van der Waals surface area contributed by atoms with Crippen LogP contribution in [0.2, 0.25) is 0 Å². The van der Waals surface area contributed by atoms with Crippen molar-refractivity contribution in [1.82, 2.24) is 0 Å². The minimum Gasteiger partial charge on any atom is -0.493 e. The third kappa shape index (κ3) is 9.31. The van der Waals surface area contributed by atoms with E-state index in [-0.39, 0.29) is 12.5 Å². The maximum Gasteiger partial charge on any atom is 0.253 e. The van der Waals surface area contributed by atoms with E-state index in [1.807, 2.05) is 36.4 Å². The van der Waals surface area contributed by atoms with Crippen LogP contribution in [0.25, 0.3) is 0 Å². The average Bonchev–Trinajstić information content (AvgIpc) is 3.04. The van der Waals surface area contributed by atoms with E-state index in [9.17, 15) is 14.7 Å². The van der Waals surface area contributed by atoms with Gasteiger partial charge in [-0.1, -0.05) is 50.2 Å². The van der Waals surface area contributed by atoms with Gasteiger partial charge in [0.1, 0.15) is 11.4 Å². The standard InChI is InChI=1S/C36H51N3O6/c1-24(2)28(19-26-13-14-31(44-4)32(20-26)45-17-9-16-43-3)21-29(37)30(40)22-38-33-34(36(42)35(33)41)39-15-8-12-27(23-39)18-25-10-6-5-7-11-25/h5-7,10-11,13-14,20,24,27-30,38,40H,8-9,12,15-19,21-23,37H2,1-4H3/t27?,28-,29-,30-/m0/s1. The molecule has 1 aliphatic rings. The third-order valence-electron chi connectivity index (χ3n) is 9.06. The molecule has 0 radical (unpaired) electrons. The van der Waals surface area contributed by atoms with Gasteiger partial charge < -0.3 is 35.3 Å². The lowest BCUT2D eigenvalue weighted by Gasteiger charge is -2.36. The molecule has 0 saturated carbocycles. The highest BCUT2D eigenvalue weighted by atomic mass is 16.5. The van der Waals surface area contributed by atoms with E-state index in [4.69, 9.17) is 19.9 Å². The van der Waals surface area contributed by atoms with Crippen LogP contribution >= 0.6 is 0 Å². The summed E-state index contributed by atoms with van der Waals surface area (Å²) in [6.07, 6.45) is 4.27. The molecule has 0 amide bonds. The normalized spacial score (nSPS) is 17.3. The van der Waals surface area contributed by atoms with Gasteiger partial charge in [0, 0.05) is 45.8 Å². The second-order valence-electron chi connectivity index (χ2n) is 12.8. The molecule has 9 nitrogen and oxygen atoms in total. The van der Waals surface area contributed by atoms with Crippen molar-refractivity contribution in [3.8, 4) is 11.5 Å². The SMILES string of the molecule is COCCCOc1cc(C[C@@H](C[C@H](N)[C@@H](O)CNc2c(N3CCCC(Cc4ccccc4)C3)c(=O)c2=O)C(C)C)ccc1OC. The number of nitrogens with zero attached hydrogens (tertiary/aromatic N) is 1. The summed E-state index contributed by atoms with van der Waals surface area (Å²) < 4.78 is 16.6. The van der Waals surface area contributed by atoms with Crippen molar-refractivity contribution in [2.45, 2.75) is 64.5 Å². The zero-order valence-corrected chi connectivity index (χ0v) is 27.3. The molecular formula is C36H51N3O6. The number of anilines is 2. The highest BCUT2D eigenvalue weighted by Gasteiger charge is 2.31. The van der Waals surface area contributed by atoms with Crippen LogP contribution in [0, 0.1) is 17.8 Å². The minimum absolute atomic E-state index is 0.104. The van der Waals surface area contributed by atoms with Gasteiger partial charge in [-0.2, -0.15) is 0 Å². The number of hydrogen-bond donors (Lipinski definition) is 3. The Morgan fingerprint density at radius 2 is 1.80 bits per heavy atom. The molecule has 1 heterocycles. The van der Waals surface area contributed by atoms with Crippen LogP contribution in [0.3, 0.4) is 0 Å². The maximum absolute atomic E-state index is 12.7. The van der Waals surface area contributed by atoms with Gasteiger partial charge in [0.05, 0.1) is 19.8 Å². The number of nitrogens with two attached hydrogens (primary N) is 1. The molecule has 0 aromatic heterocycles. The number of hydrogen-bond acceptors (Lipinski definition) is 9. The maximum atomic E-state index is 12.7. The van der Waals surface area contributed by atoms with Gasteiger partial charge in [-0.3, -0.25) is 9.59 Å². The van der Waals surface area contributed by atoms with Crippen LogP contribution in [0.4, 0.5) is 11.4 Å². The Bertz CT molecular complexity index is 1400. The van der Waals surface area contributed by atoms with E-state index in [1.165, 1.54) is 5.56 Å². The average molecular weight is 622 g/mol. The number of rotatable bonds is 18. The van der Waals surface area contributed by atoms with Crippen molar-refractivity contribution >= 4 is 11.4 Å². The summed E-state index contributed by atoms with van der Waals surface area (Å²) in [5.41, 5.74) is 8.72. The number of piperidine rings is 1. The van der Waals surface area contributed by atoms with Gasteiger partial charge in [-0.25, -0.2) is 0 Å². The Morgan fingerprint density at radius 1 is 1.02 bits per heavy atom. The first kappa shape index (κ1) is 34.5. The van der Waals surface area contributed by atoms with Crippen LogP contribution < -0.4 is 36.3 Å². The molecule has 9 heteroatoms. The predicted octanol–water partition coefficient (Wildman–Crippen LogP) is 4.17. The summed E-state index contributed by atoms with van der Waals surface area (Å²) in [5.74, 6) is 2.33. The molecule has 1 aliphatic heterocycles. The first-order valence-corrected chi connectivity index (χ1v) is 16.3. The molecule has 4 N–H and O–H groups in total. The van der Waals surface area contributed by atoms with Crippen LogP contribution in [0.1, 0.15) is 50.7 Å². The topological polar surface area (TPSA) is 123 Å². The first-order valence-electron chi connectivity index (χ1n) is 16.3. The number of aliphatic hydroxyl groups is 1. The van der Waals surface area contributed by atoms with E-state index >= 15 is 0 Å². The lowest BCUT2D eigenvalue weighted by atomic mass is 9.83. The van der Waals surface area contributed by atoms with E-state index < -0.39 is 23.0 Å². The quantitative estimate of drug-likeness (QED) is 0.142. The molecule has 1 fully saturated rings. The Morgan fingerprint density at radius 3 is 2.51 bits per heavy atom. The summed E-state index contributed by atoms with van der Waals surface area (Å²) in [6.45, 7) is 7.06. The summed E-state index contributed by atoms with van der Waals surface area (Å²) in [4.78, 5) is 27.3. The van der Waals surface area contributed by atoms with Gasteiger partial charge in [0.15, 0.2) is 11.5 Å². The summed E-state index contributed by atoms with van der Waals surface area (Å²) in [6, 6.07) is 15.8. The fraction of sp³-hybridized carbons (Fsp3) is 0.556. The largest absolute Gasteiger partial charge is 0.493 e. The van der Waals surface area contributed by atoms with Crippen molar-refractivity contribution in [2.24, 2.45) is 23.5 Å². The van der Waals surface area contributed by atoms with Crippen molar-refractivity contribution in [2.75, 3.05) is 57.3 Å². The highest BCUT2D eigenvalue weighted by molar-refractivity contribution is 5.75. The van der Waals surface area contributed by atoms with Gasteiger partial charge in [-0.05, 0) is 73.1 Å². The molecule has 0 spiro atoms. The summed E-state index contributed by atoms with van der Waals surface area (Å²) in [7, 11) is 3.30. The van der Waals surface area contributed by atoms with Gasteiger partial charge in [-0.15, -0.1) is 0 Å². The number of methoxy groups -OCH3 is 2. The van der Waals surface area contributed by atoms with Crippen LogP contribution in [0.5, 0.6) is 11.5 Å². The Hall–Kier alpha value is -3.40. The fourth-order valence-corrected chi connectivity index (χ4v) is 6.33. The van der Waals surface area contributed by atoms with Crippen molar-refractivity contribution < 1.29 is 19.3 Å². The number of benzene rings is 2. The number of ether oxygens (including phenoxy) is 3. The Labute approximate surface area is 267 Å². The van der Waals surface area contributed by atoms with E-state index in [2.05, 4.69) is 36.2 Å². The highest BCUT2D eigenvalue weighted by Crippen LogP contribution is 2.32. The molecule has 246 valence electrons. The number of aliphatic hydroxyl groups excluding tert-OH is 1. The number of nitrogens with one attached hydrogen (secondary N) is 1. The first-order chi connectivity index (χ1) is 21.7. The molecule has 0 aliphatic carbocycles. The molecule has 45 heavy (non-hydrogen) atoms. The fourth-order valence-electron chi connectivity index (χ4n) is 6.33.